The number of nitrogens with one attached hydrogen (secondary N) is 2. The Morgan fingerprint density at radius 1 is 1.45 bits per heavy atom. The van der Waals surface area contributed by atoms with Gasteiger partial charge in [-0.05, 0) is 24.3 Å². The zero-order chi connectivity index (χ0) is 15.0. The van der Waals surface area contributed by atoms with Crippen LogP contribution in [0.2, 0.25) is 0 Å². The maximum absolute atomic E-state index is 11.7. The predicted molar refractivity (Wildman–Crippen MR) is 79.0 cm³/mol. The average Bonchev–Trinajstić information content (AvgIpc) is 2.45. The quantitative estimate of drug-likeness (QED) is 0.713. The smallest absolute Gasteiger partial charge is 0.354 e. The lowest BCUT2D eigenvalue weighted by molar-refractivity contribution is 0.0690. The molecule has 6 nitrogen and oxygen atoms in total. The fraction of sp³-hybridized carbons (Fsp3) is 0.462. The number of hydrogen-bond acceptors (Lipinski definition) is 4. The van der Waals surface area contributed by atoms with Crippen molar-refractivity contribution in [3.63, 3.8) is 0 Å². The molecule has 3 N–H and O–H groups in total. The van der Waals surface area contributed by atoms with Crippen molar-refractivity contribution in [1.82, 2.24) is 15.6 Å². The first kappa shape index (κ1) is 16.3. The summed E-state index contributed by atoms with van der Waals surface area (Å²) in [5, 5.41) is 14.3. The Kier molecular flexibility index (Phi) is 6.86. The number of thioether (sulfide) groups is 1. The molecular weight excluding hydrogens is 278 g/mol. The second-order valence-corrected chi connectivity index (χ2v) is 5.16. The highest BCUT2D eigenvalue weighted by molar-refractivity contribution is 7.98. The maximum Gasteiger partial charge on any atom is 0.354 e. The van der Waals surface area contributed by atoms with Crippen LogP contribution >= 0.6 is 11.8 Å². The van der Waals surface area contributed by atoms with Gasteiger partial charge in [-0.2, -0.15) is 11.8 Å². The summed E-state index contributed by atoms with van der Waals surface area (Å²) < 4.78 is 0. The lowest BCUT2D eigenvalue weighted by Crippen LogP contribution is -2.42. The van der Waals surface area contributed by atoms with E-state index in [-0.39, 0.29) is 17.8 Å². The number of hydrogen-bond donors (Lipinski definition) is 3. The van der Waals surface area contributed by atoms with Crippen molar-refractivity contribution in [2.75, 3.05) is 12.0 Å². The van der Waals surface area contributed by atoms with E-state index in [1.165, 1.54) is 12.3 Å². The molecule has 20 heavy (non-hydrogen) atoms. The average molecular weight is 297 g/mol. The van der Waals surface area contributed by atoms with Crippen LogP contribution in [-0.4, -0.2) is 40.1 Å². The van der Waals surface area contributed by atoms with Gasteiger partial charge in [0.2, 0.25) is 0 Å². The molecule has 0 aliphatic carbocycles. The molecule has 1 aromatic rings. The Labute approximate surface area is 122 Å². The zero-order valence-corrected chi connectivity index (χ0v) is 12.4. The van der Waals surface area contributed by atoms with Gasteiger partial charge in [-0.3, -0.25) is 0 Å². The highest BCUT2D eigenvalue weighted by Crippen LogP contribution is 2.02. The summed E-state index contributed by atoms with van der Waals surface area (Å²) in [6, 6.07) is 2.97. The van der Waals surface area contributed by atoms with Crippen LogP contribution in [0.3, 0.4) is 0 Å². The molecule has 1 rings (SSSR count). The summed E-state index contributed by atoms with van der Waals surface area (Å²) in [5.74, 6) is -0.191. The largest absolute Gasteiger partial charge is 0.477 e. The van der Waals surface area contributed by atoms with E-state index >= 15 is 0 Å². The Hall–Kier alpha value is -1.76. The molecule has 0 aliphatic heterocycles. The number of aromatic carboxylic acids is 1. The minimum absolute atomic E-state index is 0.00998. The van der Waals surface area contributed by atoms with Crippen LogP contribution in [0.4, 0.5) is 4.79 Å². The minimum Gasteiger partial charge on any atom is -0.477 e. The molecule has 110 valence electrons. The number of carbonyl (C=O) groups excluding carboxylic acids is 1. The Morgan fingerprint density at radius 2 is 2.20 bits per heavy atom. The summed E-state index contributed by atoms with van der Waals surface area (Å²) in [6.45, 7) is 2.34. The summed E-state index contributed by atoms with van der Waals surface area (Å²) in [7, 11) is 0. The summed E-state index contributed by atoms with van der Waals surface area (Å²) in [5.41, 5.74) is 0.743. The third-order valence-electron chi connectivity index (χ3n) is 2.69. The van der Waals surface area contributed by atoms with Gasteiger partial charge >= 0.3 is 12.0 Å². The van der Waals surface area contributed by atoms with Crippen molar-refractivity contribution >= 4 is 23.8 Å². The van der Waals surface area contributed by atoms with E-state index in [1.54, 1.807) is 17.8 Å². The second kappa shape index (κ2) is 8.42. The fourth-order valence-electron chi connectivity index (χ4n) is 1.54. The normalized spacial score (nSPS) is 11.7. The van der Waals surface area contributed by atoms with E-state index in [9.17, 15) is 9.59 Å². The molecule has 0 bridgehead atoms. The van der Waals surface area contributed by atoms with E-state index in [1.807, 2.05) is 13.2 Å². The number of carboxylic acid groups (broad SMARTS) is 1. The molecule has 0 aromatic carbocycles. The Bertz CT molecular complexity index is 451. The zero-order valence-electron chi connectivity index (χ0n) is 11.5. The maximum atomic E-state index is 11.7. The van der Waals surface area contributed by atoms with Crippen molar-refractivity contribution < 1.29 is 14.7 Å². The van der Waals surface area contributed by atoms with E-state index < -0.39 is 5.97 Å². The molecule has 1 atom stereocenters. The topological polar surface area (TPSA) is 91.3 Å². The number of carboxylic acids is 1. The van der Waals surface area contributed by atoms with E-state index in [0.29, 0.717) is 6.54 Å². The van der Waals surface area contributed by atoms with Crippen LogP contribution in [0.5, 0.6) is 0 Å². The summed E-state index contributed by atoms with van der Waals surface area (Å²) in [4.78, 5) is 26.1. The molecule has 0 radical (unpaired) electrons. The first-order chi connectivity index (χ1) is 9.56. The van der Waals surface area contributed by atoms with Crippen molar-refractivity contribution in [1.29, 1.82) is 0 Å². The van der Waals surface area contributed by atoms with Gasteiger partial charge in [0.15, 0.2) is 0 Å². The van der Waals surface area contributed by atoms with Crippen LogP contribution < -0.4 is 10.6 Å². The van der Waals surface area contributed by atoms with Gasteiger partial charge in [-0.15, -0.1) is 0 Å². The fourth-order valence-corrected chi connectivity index (χ4v) is 2.26. The lowest BCUT2D eigenvalue weighted by Gasteiger charge is -2.16. The van der Waals surface area contributed by atoms with Gasteiger partial charge in [-0.25, -0.2) is 14.6 Å². The molecule has 2 amide bonds. The molecule has 0 saturated heterocycles. The summed E-state index contributed by atoms with van der Waals surface area (Å²) in [6.07, 6.45) is 4.32. The monoisotopic (exact) mass is 297 g/mol. The first-order valence-corrected chi connectivity index (χ1v) is 7.67. The highest BCUT2D eigenvalue weighted by atomic mass is 32.2. The molecule has 0 saturated carbocycles. The molecule has 0 aliphatic rings. The minimum atomic E-state index is -1.06. The molecule has 7 heteroatoms. The van der Waals surface area contributed by atoms with Crippen LogP contribution in [0, 0.1) is 0 Å². The van der Waals surface area contributed by atoms with Crippen LogP contribution in [-0.2, 0) is 6.54 Å². The third-order valence-corrected chi connectivity index (χ3v) is 3.43. The molecule has 0 spiro atoms. The van der Waals surface area contributed by atoms with Gasteiger partial charge < -0.3 is 15.7 Å². The van der Waals surface area contributed by atoms with Crippen LogP contribution in [0.15, 0.2) is 18.3 Å². The number of carbonyl (C=O) groups is 2. The number of rotatable bonds is 7. The van der Waals surface area contributed by atoms with Gasteiger partial charge in [0.1, 0.15) is 5.69 Å². The van der Waals surface area contributed by atoms with E-state index in [0.717, 1.165) is 17.7 Å². The number of urea groups is 1. The molecular formula is C13H19N3O3S. The number of aromatic nitrogens is 1. The van der Waals surface area contributed by atoms with Gasteiger partial charge in [-0.1, -0.05) is 13.0 Å². The van der Waals surface area contributed by atoms with Crippen molar-refractivity contribution in [2.45, 2.75) is 25.9 Å². The Morgan fingerprint density at radius 3 is 2.70 bits per heavy atom. The van der Waals surface area contributed by atoms with Crippen molar-refractivity contribution in [3.8, 4) is 0 Å². The summed E-state index contributed by atoms with van der Waals surface area (Å²) >= 11 is 1.69. The SMILES string of the molecule is CCC(CSC)NC(=O)NCc1ccc(C(=O)O)nc1. The van der Waals surface area contributed by atoms with Crippen LogP contribution in [0.25, 0.3) is 0 Å². The standard InChI is InChI=1S/C13H19N3O3S/c1-3-10(8-20-2)16-13(19)15-7-9-4-5-11(12(17)18)14-6-9/h4-6,10H,3,7-8H2,1-2H3,(H,17,18)(H2,15,16,19). The van der Waals surface area contributed by atoms with E-state index in [4.69, 9.17) is 5.11 Å². The molecule has 0 fully saturated rings. The first-order valence-electron chi connectivity index (χ1n) is 6.28. The highest BCUT2D eigenvalue weighted by Gasteiger charge is 2.09. The number of amides is 2. The van der Waals surface area contributed by atoms with Gasteiger partial charge in [0.25, 0.3) is 0 Å². The third kappa shape index (κ3) is 5.48. The Balaban J connectivity index is 2.42. The van der Waals surface area contributed by atoms with Crippen molar-refractivity contribution in [3.05, 3.63) is 29.6 Å². The van der Waals surface area contributed by atoms with Gasteiger partial charge in [0, 0.05) is 24.5 Å². The second-order valence-electron chi connectivity index (χ2n) is 4.24. The number of pyridine rings is 1. The molecule has 1 aromatic heterocycles. The molecule has 1 heterocycles. The van der Waals surface area contributed by atoms with Gasteiger partial charge in [0.05, 0.1) is 0 Å². The predicted octanol–water partition coefficient (Wildman–Crippen LogP) is 1.72. The van der Waals surface area contributed by atoms with Crippen molar-refractivity contribution in [2.24, 2.45) is 0 Å². The lowest BCUT2D eigenvalue weighted by atomic mass is 10.2. The van der Waals surface area contributed by atoms with E-state index in [2.05, 4.69) is 15.6 Å². The number of nitrogens with zero attached hydrogens (tertiary/aromatic N) is 1. The van der Waals surface area contributed by atoms with Crippen LogP contribution in [0.1, 0.15) is 29.4 Å². The molecule has 1 unspecified atom stereocenters.